The first-order chi connectivity index (χ1) is 13.6. The lowest BCUT2D eigenvalue weighted by molar-refractivity contribution is -0.123. The van der Waals surface area contributed by atoms with Gasteiger partial charge in [-0.1, -0.05) is 18.2 Å². The lowest BCUT2D eigenvalue weighted by Crippen LogP contribution is -2.44. The zero-order chi connectivity index (χ0) is 19.5. The smallest absolute Gasteiger partial charge is 0.271 e. The number of likely N-dealkylation sites (tertiary alicyclic amines) is 1. The van der Waals surface area contributed by atoms with Gasteiger partial charge in [-0.2, -0.15) is 5.10 Å². The Hall–Kier alpha value is -3.13. The number of amides is 2. The third kappa shape index (κ3) is 3.91. The first-order valence-electron chi connectivity index (χ1n) is 9.53. The average molecular weight is 380 g/mol. The van der Waals surface area contributed by atoms with Gasteiger partial charge in [0.25, 0.3) is 5.91 Å². The summed E-state index contributed by atoms with van der Waals surface area (Å²) in [5.41, 5.74) is 8.45. The molecule has 28 heavy (non-hydrogen) atoms. The molecule has 1 aromatic carbocycles. The zero-order valence-corrected chi connectivity index (χ0v) is 15.6. The van der Waals surface area contributed by atoms with Crippen LogP contribution in [0.25, 0.3) is 22.3 Å². The minimum absolute atomic E-state index is 0.0883. The second-order valence-electron chi connectivity index (χ2n) is 7.24. The zero-order valence-electron chi connectivity index (χ0n) is 15.6. The molecular formula is C20H24N6O2. The average Bonchev–Trinajstić information content (AvgIpc) is 3.35. The molecule has 8 heteroatoms. The van der Waals surface area contributed by atoms with Gasteiger partial charge in [0.05, 0.1) is 17.3 Å². The van der Waals surface area contributed by atoms with E-state index in [4.69, 9.17) is 5.73 Å². The quantitative estimate of drug-likeness (QED) is 0.518. The first-order valence-corrected chi connectivity index (χ1v) is 9.53. The van der Waals surface area contributed by atoms with Gasteiger partial charge in [-0.3, -0.25) is 14.7 Å². The van der Waals surface area contributed by atoms with Crippen LogP contribution in [-0.4, -0.2) is 58.1 Å². The number of carbonyl (C=O) groups is 2. The van der Waals surface area contributed by atoms with Crippen molar-refractivity contribution in [3.8, 4) is 11.4 Å². The summed E-state index contributed by atoms with van der Waals surface area (Å²) in [5.74, 6) is -0.550. The van der Waals surface area contributed by atoms with Gasteiger partial charge in [0.1, 0.15) is 0 Å². The van der Waals surface area contributed by atoms with Crippen molar-refractivity contribution in [2.24, 2.45) is 11.7 Å². The van der Waals surface area contributed by atoms with E-state index in [0.717, 1.165) is 41.7 Å². The summed E-state index contributed by atoms with van der Waals surface area (Å²) in [4.78, 5) is 29.2. The highest BCUT2D eigenvalue weighted by atomic mass is 16.2. The van der Waals surface area contributed by atoms with Gasteiger partial charge >= 0.3 is 0 Å². The molecule has 1 fully saturated rings. The minimum Gasteiger partial charge on any atom is -0.369 e. The Morgan fingerprint density at radius 3 is 2.93 bits per heavy atom. The summed E-state index contributed by atoms with van der Waals surface area (Å²) < 4.78 is 0. The fourth-order valence-electron chi connectivity index (χ4n) is 3.70. The number of aromatic nitrogens is 3. The van der Waals surface area contributed by atoms with Crippen LogP contribution < -0.4 is 11.1 Å². The maximum absolute atomic E-state index is 12.4. The predicted molar refractivity (Wildman–Crippen MR) is 107 cm³/mol. The Kier molecular flexibility index (Phi) is 5.12. The highest BCUT2D eigenvalue weighted by molar-refractivity contribution is 5.93. The van der Waals surface area contributed by atoms with Crippen LogP contribution in [0.15, 0.2) is 36.4 Å². The van der Waals surface area contributed by atoms with Crippen LogP contribution in [0, 0.1) is 5.92 Å². The van der Waals surface area contributed by atoms with Gasteiger partial charge in [0.2, 0.25) is 5.91 Å². The third-order valence-corrected chi connectivity index (χ3v) is 5.25. The van der Waals surface area contributed by atoms with Crippen LogP contribution in [-0.2, 0) is 4.79 Å². The van der Waals surface area contributed by atoms with E-state index in [0.29, 0.717) is 25.3 Å². The lowest BCUT2D eigenvalue weighted by atomic mass is 9.97. The van der Waals surface area contributed by atoms with Gasteiger partial charge in [-0.15, -0.1) is 0 Å². The van der Waals surface area contributed by atoms with E-state index in [2.05, 4.69) is 25.4 Å². The van der Waals surface area contributed by atoms with Crippen molar-refractivity contribution >= 4 is 22.7 Å². The third-order valence-electron chi connectivity index (χ3n) is 5.25. The maximum atomic E-state index is 12.4. The number of fused-ring (bicyclic) bond motifs is 1. The van der Waals surface area contributed by atoms with Crippen LogP contribution in [0.2, 0.25) is 0 Å². The number of piperidine rings is 1. The SMILES string of the molecule is NC(=O)C1CCCN(CCNC(=O)c2cc(-c3cc4ccccc4[nH]3)[nH]n2)C1. The van der Waals surface area contributed by atoms with E-state index >= 15 is 0 Å². The normalized spacial score (nSPS) is 17.6. The van der Waals surface area contributed by atoms with Crippen molar-refractivity contribution in [1.82, 2.24) is 25.4 Å². The molecule has 2 amide bonds. The van der Waals surface area contributed by atoms with Crippen molar-refractivity contribution in [1.29, 1.82) is 0 Å². The molecule has 0 bridgehead atoms. The molecule has 2 aromatic heterocycles. The molecule has 1 atom stereocenters. The summed E-state index contributed by atoms with van der Waals surface area (Å²) in [6, 6.07) is 11.8. The number of nitrogens with zero attached hydrogens (tertiary/aromatic N) is 2. The van der Waals surface area contributed by atoms with Crippen molar-refractivity contribution in [3.05, 3.63) is 42.1 Å². The lowest BCUT2D eigenvalue weighted by Gasteiger charge is -2.30. The molecule has 5 N–H and O–H groups in total. The van der Waals surface area contributed by atoms with Crippen molar-refractivity contribution in [2.75, 3.05) is 26.2 Å². The monoisotopic (exact) mass is 380 g/mol. The van der Waals surface area contributed by atoms with E-state index in [-0.39, 0.29) is 17.7 Å². The van der Waals surface area contributed by atoms with Gasteiger partial charge in [0.15, 0.2) is 5.69 Å². The number of hydrogen-bond donors (Lipinski definition) is 4. The molecule has 3 heterocycles. The Morgan fingerprint density at radius 2 is 2.11 bits per heavy atom. The Labute approximate surface area is 162 Å². The number of benzene rings is 1. The molecule has 8 nitrogen and oxygen atoms in total. The van der Waals surface area contributed by atoms with E-state index < -0.39 is 0 Å². The van der Waals surface area contributed by atoms with Gasteiger partial charge in [0, 0.05) is 30.5 Å². The van der Waals surface area contributed by atoms with Crippen LogP contribution in [0.3, 0.4) is 0 Å². The maximum Gasteiger partial charge on any atom is 0.271 e. The number of para-hydroxylation sites is 1. The van der Waals surface area contributed by atoms with E-state index in [1.165, 1.54) is 0 Å². The summed E-state index contributed by atoms with van der Waals surface area (Å²) in [6.45, 7) is 2.78. The van der Waals surface area contributed by atoms with Crippen LogP contribution in [0.5, 0.6) is 0 Å². The molecule has 1 saturated heterocycles. The number of aromatic amines is 2. The standard InChI is InChI=1S/C20H24N6O2/c21-19(27)14-5-3-8-26(12-14)9-7-22-20(28)18-11-17(24-25-18)16-10-13-4-1-2-6-15(13)23-16/h1-2,4,6,10-11,14,23H,3,5,7-9,12H2,(H2,21,27)(H,22,28)(H,24,25). The second kappa shape index (κ2) is 7.85. The van der Waals surface area contributed by atoms with E-state index in [1.54, 1.807) is 6.07 Å². The van der Waals surface area contributed by atoms with E-state index in [1.807, 2.05) is 30.3 Å². The van der Waals surface area contributed by atoms with Crippen molar-refractivity contribution in [3.63, 3.8) is 0 Å². The second-order valence-corrected chi connectivity index (χ2v) is 7.24. The van der Waals surface area contributed by atoms with Crippen molar-refractivity contribution in [2.45, 2.75) is 12.8 Å². The fourth-order valence-corrected chi connectivity index (χ4v) is 3.70. The molecular weight excluding hydrogens is 356 g/mol. The van der Waals surface area contributed by atoms with Crippen molar-refractivity contribution < 1.29 is 9.59 Å². The number of nitrogens with two attached hydrogens (primary N) is 1. The molecule has 0 radical (unpaired) electrons. The number of carbonyl (C=O) groups excluding carboxylic acids is 2. The number of nitrogens with one attached hydrogen (secondary N) is 3. The highest BCUT2D eigenvalue weighted by Gasteiger charge is 2.23. The number of primary amides is 1. The Morgan fingerprint density at radius 1 is 1.25 bits per heavy atom. The predicted octanol–water partition coefficient (Wildman–Crippen LogP) is 1.49. The molecule has 0 spiro atoms. The molecule has 1 unspecified atom stereocenters. The summed E-state index contributed by atoms with van der Waals surface area (Å²) in [5, 5.41) is 11.0. The topological polar surface area (TPSA) is 120 Å². The summed E-state index contributed by atoms with van der Waals surface area (Å²) in [6.07, 6.45) is 1.80. The molecule has 146 valence electrons. The molecule has 1 aliphatic rings. The summed E-state index contributed by atoms with van der Waals surface area (Å²) in [7, 11) is 0. The first kappa shape index (κ1) is 18.2. The number of H-pyrrole nitrogens is 2. The molecule has 0 aliphatic carbocycles. The molecule has 3 aromatic rings. The van der Waals surface area contributed by atoms with E-state index in [9.17, 15) is 9.59 Å². The fraction of sp³-hybridized carbons (Fsp3) is 0.350. The highest BCUT2D eigenvalue weighted by Crippen LogP contribution is 2.23. The van der Waals surface area contributed by atoms with Crippen LogP contribution in [0.4, 0.5) is 0 Å². The number of hydrogen-bond acceptors (Lipinski definition) is 4. The van der Waals surface area contributed by atoms with Gasteiger partial charge in [-0.05, 0) is 37.6 Å². The Balaban J connectivity index is 1.32. The van der Waals surface area contributed by atoms with Crippen LogP contribution in [0.1, 0.15) is 23.3 Å². The summed E-state index contributed by atoms with van der Waals surface area (Å²) >= 11 is 0. The molecule has 1 aliphatic heterocycles. The largest absolute Gasteiger partial charge is 0.369 e. The number of rotatable bonds is 6. The molecule has 4 rings (SSSR count). The van der Waals surface area contributed by atoms with Gasteiger partial charge < -0.3 is 20.9 Å². The van der Waals surface area contributed by atoms with Gasteiger partial charge in [-0.25, -0.2) is 0 Å². The Bertz CT molecular complexity index is 958. The molecule has 0 saturated carbocycles. The minimum atomic E-state index is -0.241. The van der Waals surface area contributed by atoms with Crippen LogP contribution >= 0.6 is 0 Å².